The van der Waals surface area contributed by atoms with Crippen molar-refractivity contribution in [1.82, 2.24) is 5.32 Å². The van der Waals surface area contributed by atoms with Crippen LogP contribution in [0.1, 0.15) is 27.7 Å². The predicted molar refractivity (Wildman–Crippen MR) is 55.9 cm³/mol. The minimum Gasteiger partial charge on any atom is -0.316 e. The first-order valence-corrected chi connectivity index (χ1v) is 5.92. The van der Waals surface area contributed by atoms with Gasteiger partial charge in [0.1, 0.15) is 0 Å². The van der Waals surface area contributed by atoms with Crippen molar-refractivity contribution >= 4 is 10.8 Å². The van der Waals surface area contributed by atoms with Crippen molar-refractivity contribution in [3.8, 4) is 0 Å². The van der Waals surface area contributed by atoms with E-state index in [4.69, 9.17) is 0 Å². The summed E-state index contributed by atoms with van der Waals surface area (Å²) in [5, 5.41) is 3.21. The molecule has 0 saturated carbocycles. The highest BCUT2D eigenvalue weighted by molar-refractivity contribution is 7.84. The Hall–Kier alpha value is 0.110. The van der Waals surface area contributed by atoms with Crippen molar-refractivity contribution in [2.24, 2.45) is 5.41 Å². The highest BCUT2D eigenvalue weighted by Gasteiger charge is 2.24. The van der Waals surface area contributed by atoms with Crippen molar-refractivity contribution in [3.63, 3.8) is 0 Å². The Balaban J connectivity index is 4.09. The summed E-state index contributed by atoms with van der Waals surface area (Å²) in [5.41, 5.74) is 0.194. The fourth-order valence-corrected chi connectivity index (χ4v) is 2.34. The lowest BCUT2D eigenvalue weighted by atomic mass is 9.88. The molecule has 2 nitrogen and oxygen atoms in total. The maximum Gasteiger partial charge on any atom is 0.0393 e. The SMILES string of the molecule is CCS(=O)CC(NC)C(C)(C)C. The van der Waals surface area contributed by atoms with E-state index in [1.807, 2.05) is 14.0 Å². The third-order valence-electron chi connectivity index (χ3n) is 2.07. The minimum atomic E-state index is -0.666. The zero-order chi connectivity index (χ0) is 9.78. The second-order valence-electron chi connectivity index (χ2n) is 4.10. The molecule has 0 bridgehead atoms. The summed E-state index contributed by atoms with van der Waals surface area (Å²) < 4.78 is 11.3. The molecule has 0 aliphatic rings. The Labute approximate surface area is 78.6 Å². The molecule has 0 radical (unpaired) electrons. The molecule has 0 heterocycles. The standard InChI is InChI=1S/C9H21NOS/c1-6-12(11)7-8(10-5)9(2,3)4/h8,10H,6-7H2,1-5H3. The van der Waals surface area contributed by atoms with Crippen LogP contribution in [0.2, 0.25) is 0 Å². The van der Waals surface area contributed by atoms with Gasteiger partial charge in [0.15, 0.2) is 0 Å². The van der Waals surface area contributed by atoms with E-state index in [1.165, 1.54) is 0 Å². The summed E-state index contributed by atoms with van der Waals surface area (Å²) in [6.07, 6.45) is 0. The largest absolute Gasteiger partial charge is 0.316 e. The Morgan fingerprint density at radius 2 is 1.92 bits per heavy atom. The van der Waals surface area contributed by atoms with Crippen LogP contribution in [0.25, 0.3) is 0 Å². The molecule has 0 aliphatic heterocycles. The highest BCUT2D eigenvalue weighted by Crippen LogP contribution is 2.19. The first kappa shape index (κ1) is 12.1. The Bertz CT molecular complexity index is 151. The average molecular weight is 191 g/mol. The van der Waals surface area contributed by atoms with E-state index in [1.54, 1.807) is 0 Å². The van der Waals surface area contributed by atoms with Gasteiger partial charge in [0.05, 0.1) is 0 Å². The van der Waals surface area contributed by atoms with Gasteiger partial charge in [-0.05, 0) is 12.5 Å². The van der Waals surface area contributed by atoms with E-state index in [2.05, 4.69) is 26.1 Å². The van der Waals surface area contributed by atoms with Gasteiger partial charge >= 0.3 is 0 Å². The van der Waals surface area contributed by atoms with Gasteiger partial charge in [-0.3, -0.25) is 4.21 Å². The summed E-state index contributed by atoms with van der Waals surface area (Å²) in [6.45, 7) is 8.47. The maximum absolute atomic E-state index is 11.3. The van der Waals surface area contributed by atoms with Gasteiger partial charge in [0.2, 0.25) is 0 Å². The molecule has 2 unspecified atom stereocenters. The molecule has 0 rings (SSSR count). The Morgan fingerprint density at radius 1 is 1.42 bits per heavy atom. The van der Waals surface area contributed by atoms with E-state index in [0.717, 1.165) is 11.5 Å². The van der Waals surface area contributed by atoms with Crippen molar-refractivity contribution in [2.75, 3.05) is 18.6 Å². The maximum atomic E-state index is 11.3. The second-order valence-corrected chi connectivity index (χ2v) is 5.89. The average Bonchev–Trinajstić information content (AvgIpc) is 1.97. The monoisotopic (exact) mass is 191 g/mol. The first-order valence-electron chi connectivity index (χ1n) is 4.44. The Kier molecular flexibility index (Phi) is 5.02. The molecular weight excluding hydrogens is 170 g/mol. The Morgan fingerprint density at radius 3 is 2.17 bits per heavy atom. The van der Waals surface area contributed by atoms with E-state index < -0.39 is 10.8 Å². The van der Waals surface area contributed by atoms with E-state index in [9.17, 15) is 4.21 Å². The number of hydrogen-bond acceptors (Lipinski definition) is 2. The molecule has 2 atom stereocenters. The molecule has 0 amide bonds. The van der Waals surface area contributed by atoms with Gasteiger partial charge in [-0.15, -0.1) is 0 Å². The smallest absolute Gasteiger partial charge is 0.0393 e. The van der Waals surface area contributed by atoms with Gasteiger partial charge in [0.25, 0.3) is 0 Å². The van der Waals surface area contributed by atoms with Crippen LogP contribution in [0.3, 0.4) is 0 Å². The van der Waals surface area contributed by atoms with Crippen LogP contribution in [0, 0.1) is 5.41 Å². The van der Waals surface area contributed by atoms with Crippen molar-refractivity contribution in [3.05, 3.63) is 0 Å². The lowest BCUT2D eigenvalue weighted by molar-refractivity contribution is 0.304. The summed E-state index contributed by atoms with van der Waals surface area (Å²) >= 11 is 0. The van der Waals surface area contributed by atoms with Crippen LogP contribution in [0.15, 0.2) is 0 Å². The topological polar surface area (TPSA) is 29.1 Å². The number of hydrogen-bond donors (Lipinski definition) is 1. The number of nitrogens with one attached hydrogen (secondary N) is 1. The summed E-state index contributed by atoms with van der Waals surface area (Å²) in [5.74, 6) is 1.52. The quantitative estimate of drug-likeness (QED) is 0.727. The van der Waals surface area contributed by atoms with E-state index in [0.29, 0.717) is 6.04 Å². The molecule has 0 aromatic heterocycles. The van der Waals surface area contributed by atoms with Crippen molar-refractivity contribution < 1.29 is 4.21 Å². The van der Waals surface area contributed by atoms with Crippen LogP contribution in [0.4, 0.5) is 0 Å². The lowest BCUT2D eigenvalue weighted by Crippen LogP contribution is -2.42. The lowest BCUT2D eigenvalue weighted by Gasteiger charge is -2.29. The highest BCUT2D eigenvalue weighted by atomic mass is 32.2. The number of rotatable bonds is 4. The van der Waals surface area contributed by atoms with Crippen LogP contribution in [-0.2, 0) is 10.8 Å². The molecule has 3 heteroatoms. The molecule has 1 N–H and O–H groups in total. The summed E-state index contributed by atoms with van der Waals surface area (Å²) in [4.78, 5) is 0. The molecule has 0 aromatic carbocycles. The fraction of sp³-hybridized carbons (Fsp3) is 1.00. The van der Waals surface area contributed by atoms with E-state index in [-0.39, 0.29) is 5.41 Å². The fourth-order valence-electron chi connectivity index (χ4n) is 1.07. The van der Waals surface area contributed by atoms with Crippen molar-refractivity contribution in [1.29, 1.82) is 0 Å². The molecule has 12 heavy (non-hydrogen) atoms. The predicted octanol–water partition coefficient (Wildman–Crippen LogP) is 1.39. The first-order chi connectivity index (χ1) is 5.41. The molecule has 0 fully saturated rings. The molecule has 0 saturated heterocycles. The third kappa shape index (κ3) is 4.21. The van der Waals surface area contributed by atoms with Gasteiger partial charge in [-0.25, -0.2) is 0 Å². The van der Waals surface area contributed by atoms with Crippen LogP contribution in [0.5, 0.6) is 0 Å². The summed E-state index contributed by atoms with van der Waals surface area (Å²) in [6, 6.07) is 0.346. The molecule has 0 aliphatic carbocycles. The molecule has 74 valence electrons. The minimum absolute atomic E-state index is 0.194. The van der Waals surface area contributed by atoms with Crippen LogP contribution < -0.4 is 5.32 Å². The molecule has 0 spiro atoms. The van der Waals surface area contributed by atoms with Gasteiger partial charge in [0, 0.05) is 28.3 Å². The van der Waals surface area contributed by atoms with Gasteiger partial charge < -0.3 is 5.32 Å². The summed E-state index contributed by atoms with van der Waals surface area (Å²) in [7, 11) is 1.27. The molecule has 0 aromatic rings. The third-order valence-corrected chi connectivity index (χ3v) is 3.42. The van der Waals surface area contributed by atoms with E-state index >= 15 is 0 Å². The van der Waals surface area contributed by atoms with Crippen molar-refractivity contribution in [2.45, 2.75) is 33.7 Å². The normalized spacial score (nSPS) is 17.4. The van der Waals surface area contributed by atoms with Crippen LogP contribution in [-0.4, -0.2) is 28.8 Å². The second kappa shape index (κ2) is 4.97. The van der Waals surface area contributed by atoms with Gasteiger partial charge in [-0.2, -0.15) is 0 Å². The zero-order valence-electron chi connectivity index (χ0n) is 8.81. The van der Waals surface area contributed by atoms with Gasteiger partial charge in [-0.1, -0.05) is 27.7 Å². The molecular formula is C9H21NOS. The zero-order valence-corrected chi connectivity index (χ0v) is 9.62. The van der Waals surface area contributed by atoms with Crippen LogP contribution >= 0.6 is 0 Å².